The van der Waals surface area contributed by atoms with Crippen molar-refractivity contribution in [3.8, 4) is 0 Å². The molecule has 2 aromatic heterocycles. The first-order chi connectivity index (χ1) is 14.7. The smallest absolute Gasteiger partial charge is 0.257 e. The van der Waals surface area contributed by atoms with E-state index in [1.807, 2.05) is 25.1 Å². The van der Waals surface area contributed by atoms with Gasteiger partial charge in [-0.2, -0.15) is 0 Å². The fourth-order valence-corrected chi connectivity index (χ4v) is 3.96. The molecular weight excluding hydrogens is 378 g/mol. The number of aryl methyl sites for hydroxylation is 1. The molecule has 30 heavy (non-hydrogen) atoms. The molecule has 8 heteroatoms. The number of aromatic nitrogens is 3. The monoisotopic (exact) mass is 401 g/mol. The van der Waals surface area contributed by atoms with Gasteiger partial charge in [0, 0.05) is 61.6 Å². The molecule has 1 aromatic carbocycles. The van der Waals surface area contributed by atoms with Crippen LogP contribution in [0.15, 0.2) is 70.7 Å². The fraction of sp³-hybridized carbons (Fsp3) is 0.273. The topological polar surface area (TPSA) is 78.7 Å². The molecule has 1 saturated heterocycles. The van der Waals surface area contributed by atoms with E-state index in [1.165, 1.54) is 11.8 Å². The highest BCUT2D eigenvalue weighted by atomic mass is 16.1. The number of hydrogen-bond donors (Lipinski definition) is 1. The Morgan fingerprint density at radius 3 is 2.50 bits per heavy atom. The highest BCUT2D eigenvalue weighted by Crippen LogP contribution is 2.26. The third-order valence-electron chi connectivity index (χ3n) is 5.48. The van der Waals surface area contributed by atoms with Crippen LogP contribution in [0.2, 0.25) is 0 Å². The third kappa shape index (κ3) is 3.41. The van der Waals surface area contributed by atoms with Crippen molar-refractivity contribution in [2.45, 2.75) is 13.1 Å². The number of benzene rings is 1. The van der Waals surface area contributed by atoms with Crippen molar-refractivity contribution in [3.63, 3.8) is 0 Å². The molecular formula is C22H23N7O. The molecule has 1 fully saturated rings. The van der Waals surface area contributed by atoms with Gasteiger partial charge in [-0.1, -0.05) is 24.3 Å². The zero-order valence-electron chi connectivity index (χ0n) is 16.8. The van der Waals surface area contributed by atoms with E-state index < -0.39 is 6.17 Å². The first-order valence-corrected chi connectivity index (χ1v) is 10.1. The molecule has 8 nitrogen and oxygen atoms in total. The SMILES string of the molecule is Cc1cc(=O)n2c(n1)NC(N1CCN(c3ccccc3)CC1)=NC2c1cccnc1. The summed E-state index contributed by atoms with van der Waals surface area (Å²) in [6.07, 6.45) is 2.98. The van der Waals surface area contributed by atoms with Crippen molar-refractivity contribution < 1.29 is 0 Å². The molecule has 0 aliphatic carbocycles. The van der Waals surface area contributed by atoms with Gasteiger partial charge in [-0.05, 0) is 25.1 Å². The summed E-state index contributed by atoms with van der Waals surface area (Å²) in [5.74, 6) is 1.26. The van der Waals surface area contributed by atoms with Gasteiger partial charge < -0.3 is 9.80 Å². The number of rotatable bonds is 2. The molecule has 0 bridgehead atoms. The van der Waals surface area contributed by atoms with Crippen LogP contribution >= 0.6 is 0 Å². The van der Waals surface area contributed by atoms with Crippen molar-refractivity contribution in [1.29, 1.82) is 0 Å². The van der Waals surface area contributed by atoms with Gasteiger partial charge in [-0.15, -0.1) is 0 Å². The highest BCUT2D eigenvalue weighted by Gasteiger charge is 2.29. The summed E-state index contributed by atoms with van der Waals surface area (Å²) in [6.45, 7) is 5.28. The Bertz CT molecular complexity index is 1120. The van der Waals surface area contributed by atoms with Crippen LogP contribution in [-0.4, -0.2) is 51.6 Å². The second-order valence-electron chi connectivity index (χ2n) is 7.48. The van der Waals surface area contributed by atoms with Crippen LogP contribution in [0, 0.1) is 6.92 Å². The normalized spacial score (nSPS) is 18.4. The fourth-order valence-electron chi connectivity index (χ4n) is 3.96. The number of nitrogens with one attached hydrogen (secondary N) is 1. The van der Waals surface area contributed by atoms with E-state index in [0.717, 1.165) is 37.7 Å². The molecule has 4 heterocycles. The number of para-hydroxylation sites is 1. The summed E-state index contributed by atoms with van der Waals surface area (Å²) in [7, 11) is 0. The number of fused-ring (bicyclic) bond motifs is 1. The number of guanidine groups is 1. The molecule has 0 saturated carbocycles. The van der Waals surface area contributed by atoms with Gasteiger partial charge in [0.2, 0.25) is 11.9 Å². The van der Waals surface area contributed by atoms with E-state index in [4.69, 9.17) is 4.99 Å². The minimum atomic E-state index is -0.488. The molecule has 3 aromatic rings. The number of pyridine rings is 1. The van der Waals surface area contributed by atoms with Crippen molar-refractivity contribution in [2.75, 3.05) is 36.4 Å². The van der Waals surface area contributed by atoms with Crippen LogP contribution in [0.25, 0.3) is 0 Å². The molecule has 2 aliphatic heterocycles. The van der Waals surface area contributed by atoms with Gasteiger partial charge in [0.05, 0.1) is 0 Å². The largest absolute Gasteiger partial charge is 0.368 e. The average molecular weight is 401 g/mol. The quantitative estimate of drug-likeness (QED) is 0.709. The molecule has 5 rings (SSSR count). The van der Waals surface area contributed by atoms with Gasteiger partial charge in [0.25, 0.3) is 5.56 Å². The minimum absolute atomic E-state index is 0.129. The van der Waals surface area contributed by atoms with Crippen LogP contribution in [0.3, 0.4) is 0 Å². The van der Waals surface area contributed by atoms with E-state index in [1.54, 1.807) is 17.0 Å². The Kier molecular flexibility index (Phi) is 4.66. The van der Waals surface area contributed by atoms with Crippen molar-refractivity contribution in [3.05, 3.63) is 82.5 Å². The summed E-state index contributed by atoms with van der Waals surface area (Å²) in [6, 6.07) is 15.8. The Hall–Kier alpha value is -3.68. The predicted molar refractivity (Wildman–Crippen MR) is 117 cm³/mol. The molecule has 0 spiro atoms. The molecule has 0 amide bonds. The number of hydrogen-bond acceptors (Lipinski definition) is 7. The van der Waals surface area contributed by atoms with E-state index in [9.17, 15) is 4.79 Å². The average Bonchev–Trinajstić information content (AvgIpc) is 2.79. The number of aliphatic imine (C=N–C) groups is 1. The second kappa shape index (κ2) is 7.62. The lowest BCUT2D eigenvalue weighted by atomic mass is 10.2. The molecule has 152 valence electrons. The van der Waals surface area contributed by atoms with Crippen LogP contribution in [0.4, 0.5) is 11.6 Å². The van der Waals surface area contributed by atoms with Gasteiger partial charge in [0.1, 0.15) is 0 Å². The zero-order chi connectivity index (χ0) is 20.5. The van der Waals surface area contributed by atoms with Crippen molar-refractivity contribution in [2.24, 2.45) is 4.99 Å². The van der Waals surface area contributed by atoms with Crippen LogP contribution in [0.1, 0.15) is 17.4 Å². The first kappa shape index (κ1) is 18.4. The highest BCUT2D eigenvalue weighted by molar-refractivity contribution is 5.93. The molecule has 1 atom stereocenters. The van der Waals surface area contributed by atoms with Crippen LogP contribution < -0.4 is 15.8 Å². The third-order valence-corrected chi connectivity index (χ3v) is 5.48. The van der Waals surface area contributed by atoms with Gasteiger partial charge >= 0.3 is 0 Å². The summed E-state index contributed by atoms with van der Waals surface area (Å²) in [5, 5.41) is 3.29. The summed E-state index contributed by atoms with van der Waals surface area (Å²) < 4.78 is 1.59. The van der Waals surface area contributed by atoms with E-state index >= 15 is 0 Å². The minimum Gasteiger partial charge on any atom is -0.368 e. The number of anilines is 2. The summed E-state index contributed by atoms with van der Waals surface area (Å²) >= 11 is 0. The number of piperazine rings is 1. The van der Waals surface area contributed by atoms with Crippen LogP contribution in [-0.2, 0) is 0 Å². The Morgan fingerprint density at radius 2 is 1.77 bits per heavy atom. The Labute approximate surface area is 174 Å². The second-order valence-corrected chi connectivity index (χ2v) is 7.48. The number of nitrogens with zero attached hydrogens (tertiary/aromatic N) is 6. The van der Waals surface area contributed by atoms with Gasteiger partial charge in [-0.3, -0.25) is 19.7 Å². The lowest BCUT2D eigenvalue weighted by molar-refractivity contribution is 0.376. The zero-order valence-corrected chi connectivity index (χ0v) is 16.8. The Morgan fingerprint density at radius 1 is 1.00 bits per heavy atom. The maximum Gasteiger partial charge on any atom is 0.257 e. The first-order valence-electron chi connectivity index (χ1n) is 10.1. The lowest BCUT2D eigenvalue weighted by Crippen LogP contribution is -2.52. The van der Waals surface area contributed by atoms with Gasteiger partial charge in [0.15, 0.2) is 6.17 Å². The van der Waals surface area contributed by atoms with Gasteiger partial charge in [-0.25, -0.2) is 9.98 Å². The maximum absolute atomic E-state index is 12.7. The molecule has 1 unspecified atom stereocenters. The van der Waals surface area contributed by atoms with E-state index in [-0.39, 0.29) is 5.56 Å². The summed E-state index contributed by atoms with van der Waals surface area (Å²) in [4.78, 5) is 31.0. The molecule has 2 aliphatic rings. The standard InChI is InChI=1S/C22H23N7O/c1-16-14-19(30)29-20(17-6-5-9-23-15-17)25-21(26-22(29)24-16)28-12-10-27(11-13-28)18-7-3-2-4-8-18/h2-9,14-15,20H,10-13H2,1H3,(H,24,25,26). The molecule has 0 radical (unpaired) electrons. The Balaban J connectivity index is 1.45. The van der Waals surface area contributed by atoms with Crippen LogP contribution in [0.5, 0.6) is 0 Å². The van der Waals surface area contributed by atoms with Crippen molar-refractivity contribution >= 4 is 17.6 Å². The lowest BCUT2D eigenvalue weighted by Gasteiger charge is -2.39. The summed E-state index contributed by atoms with van der Waals surface area (Å²) in [5.41, 5.74) is 2.64. The van der Waals surface area contributed by atoms with E-state index in [2.05, 4.69) is 49.4 Å². The predicted octanol–water partition coefficient (Wildman–Crippen LogP) is 2.10. The maximum atomic E-state index is 12.7. The van der Waals surface area contributed by atoms with Crippen molar-refractivity contribution in [1.82, 2.24) is 19.4 Å². The molecule has 1 N–H and O–H groups in total. The van der Waals surface area contributed by atoms with E-state index in [0.29, 0.717) is 11.6 Å².